The highest BCUT2D eigenvalue weighted by atomic mass is 35.5. The zero-order valence-corrected chi connectivity index (χ0v) is 20.0. The number of benzene rings is 2. The van der Waals surface area contributed by atoms with Crippen LogP contribution in [-0.2, 0) is 11.2 Å². The molecule has 1 aliphatic heterocycles. The van der Waals surface area contributed by atoms with Gasteiger partial charge in [-0.3, -0.25) is 14.6 Å². The molecule has 0 unspecified atom stereocenters. The molecule has 1 N–H and O–H groups in total. The molecule has 35 heavy (non-hydrogen) atoms. The molecule has 0 aliphatic carbocycles. The highest BCUT2D eigenvalue weighted by Crippen LogP contribution is 2.38. The van der Waals surface area contributed by atoms with Gasteiger partial charge < -0.3 is 14.4 Å². The van der Waals surface area contributed by atoms with Crippen LogP contribution < -0.4 is 16.0 Å². The van der Waals surface area contributed by atoms with E-state index in [1.54, 1.807) is 29.2 Å². The van der Waals surface area contributed by atoms with Crippen LogP contribution in [0.15, 0.2) is 39.9 Å². The number of hydrogen-bond donors (Lipinski definition) is 1. The predicted molar refractivity (Wildman–Crippen MR) is 128 cm³/mol. The topological polar surface area (TPSA) is 130 Å². The second-order valence-corrected chi connectivity index (χ2v) is 8.34. The quantitative estimate of drug-likeness (QED) is 0.478. The van der Waals surface area contributed by atoms with Gasteiger partial charge in [0.25, 0.3) is 11.5 Å². The molecule has 1 aliphatic rings. The Bertz CT molecular complexity index is 1440. The Balaban J connectivity index is 1.58. The van der Waals surface area contributed by atoms with Gasteiger partial charge in [0.05, 0.1) is 22.3 Å². The molecule has 4 rings (SSSR count). The van der Waals surface area contributed by atoms with Crippen molar-refractivity contribution < 1.29 is 14.3 Å². The number of ether oxygens (including phenoxy) is 2. The summed E-state index contributed by atoms with van der Waals surface area (Å²) in [6, 6.07) is 9.46. The van der Waals surface area contributed by atoms with Crippen molar-refractivity contribution >= 4 is 29.1 Å². The molecule has 3 aromatic rings. The first-order valence-electron chi connectivity index (χ1n) is 10.6. The largest absolute Gasteiger partial charge is 0.454 e. The van der Waals surface area contributed by atoms with Crippen LogP contribution in [0.4, 0.5) is 0 Å². The first-order chi connectivity index (χ1) is 16.8. The Kier molecular flexibility index (Phi) is 7.21. The van der Waals surface area contributed by atoms with E-state index in [0.717, 1.165) is 10.2 Å². The molecule has 2 heterocycles. The predicted octanol–water partition coefficient (Wildman–Crippen LogP) is 2.93. The molecule has 2 aromatic carbocycles. The maximum absolute atomic E-state index is 12.8. The van der Waals surface area contributed by atoms with Gasteiger partial charge in [0.2, 0.25) is 5.69 Å². The van der Waals surface area contributed by atoms with Crippen molar-refractivity contribution in [3.8, 4) is 23.3 Å². The van der Waals surface area contributed by atoms with Gasteiger partial charge in [0.15, 0.2) is 5.75 Å². The third-order valence-electron chi connectivity index (χ3n) is 5.34. The maximum Gasteiger partial charge on any atom is 0.349 e. The number of carbonyl (C=O) groups excluding carboxylic acids is 1. The third kappa shape index (κ3) is 5.07. The van der Waals surface area contributed by atoms with Crippen molar-refractivity contribution in [2.45, 2.75) is 13.3 Å². The Labute approximate surface area is 209 Å². The number of H-pyrrole nitrogens is 1. The number of fused-ring (bicyclic) bond motifs is 1. The highest BCUT2D eigenvalue weighted by Gasteiger charge is 2.25. The number of halogens is 2. The standard InChI is InChI=1S/C23H19Cl2N5O5/c1-2-34-8-7-29-6-5-13-9-15(3-4-16(13)22(29)32)35-20-17(24)10-14(11-18(20)25)30-23(33)27-21(31)19(12-26)28-30/h3-4,9-11H,2,5-8H2,1H3,(H,27,31,33). The van der Waals surface area contributed by atoms with Crippen molar-refractivity contribution in [3.05, 3.63) is 78.0 Å². The van der Waals surface area contributed by atoms with Crippen LogP contribution >= 0.6 is 23.2 Å². The fraction of sp³-hybridized carbons (Fsp3) is 0.261. The molecule has 1 aromatic heterocycles. The van der Waals surface area contributed by atoms with Crippen LogP contribution in [0.5, 0.6) is 11.5 Å². The lowest BCUT2D eigenvalue weighted by molar-refractivity contribution is 0.0641. The van der Waals surface area contributed by atoms with Crippen LogP contribution in [0.1, 0.15) is 28.5 Å². The molecule has 0 saturated heterocycles. The van der Waals surface area contributed by atoms with Crippen molar-refractivity contribution in [1.82, 2.24) is 19.7 Å². The van der Waals surface area contributed by atoms with Crippen LogP contribution in [0, 0.1) is 11.3 Å². The van der Waals surface area contributed by atoms with Gasteiger partial charge >= 0.3 is 5.69 Å². The minimum Gasteiger partial charge on any atom is -0.454 e. The fourth-order valence-corrected chi connectivity index (χ4v) is 4.19. The minimum atomic E-state index is -0.894. The minimum absolute atomic E-state index is 0.0616. The lowest BCUT2D eigenvalue weighted by Crippen LogP contribution is -2.39. The van der Waals surface area contributed by atoms with E-state index in [1.807, 2.05) is 11.9 Å². The lowest BCUT2D eigenvalue weighted by atomic mass is 9.98. The molecule has 0 spiro atoms. The molecule has 0 fully saturated rings. The highest BCUT2D eigenvalue weighted by molar-refractivity contribution is 6.37. The summed E-state index contributed by atoms with van der Waals surface area (Å²) in [6.45, 7) is 4.11. The third-order valence-corrected chi connectivity index (χ3v) is 5.90. The van der Waals surface area contributed by atoms with Gasteiger partial charge in [-0.25, -0.2) is 4.79 Å². The number of carbonyl (C=O) groups is 1. The Morgan fingerprint density at radius 3 is 2.60 bits per heavy atom. The van der Waals surface area contributed by atoms with Crippen LogP contribution in [0.2, 0.25) is 10.0 Å². The summed E-state index contributed by atoms with van der Waals surface area (Å²) in [7, 11) is 0. The number of aromatic nitrogens is 3. The average molecular weight is 516 g/mol. The molecule has 0 atom stereocenters. The van der Waals surface area contributed by atoms with Crippen molar-refractivity contribution in [1.29, 1.82) is 5.26 Å². The van der Waals surface area contributed by atoms with Gasteiger partial charge in [-0.2, -0.15) is 9.94 Å². The number of amides is 1. The number of rotatable bonds is 7. The first-order valence-corrected chi connectivity index (χ1v) is 11.4. The van der Waals surface area contributed by atoms with Gasteiger partial charge in [-0.05, 0) is 49.2 Å². The molecular formula is C23H19Cl2N5O5. The van der Waals surface area contributed by atoms with E-state index in [4.69, 9.17) is 37.9 Å². The second kappa shape index (κ2) is 10.3. The fourth-order valence-electron chi connectivity index (χ4n) is 3.64. The van der Waals surface area contributed by atoms with E-state index in [-0.39, 0.29) is 27.4 Å². The van der Waals surface area contributed by atoms with Gasteiger partial charge in [-0.1, -0.05) is 23.2 Å². The molecule has 10 nitrogen and oxygen atoms in total. The van der Waals surface area contributed by atoms with Gasteiger partial charge in [0.1, 0.15) is 11.8 Å². The summed E-state index contributed by atoms with van der Waals surface area (Å²) in [5.41, 5.74) is -0.661. The van der Waals surface area contributed by atoms with E-state index >= 15 is 0 Å². The van der Waals surface area contributed by atoms with Gasteiger partial charge in [0, 0.05) is 25.3 Å². The first kappa shape index (κ1) is 24.5. The summed E-state index contributed by atoms with van der Waals surface area (Å²) in [5.74, 6) is 0.506. The van der Waals surface area contributed by atoms with Crippen LogP contribution in [0.3, 0.4) is 0 Å². The summed E-state index contributed by atoms with van der Waals surface area (Å²) < 4.78 is 12.1. The van der Waals surface area contributed by atoms with Crippen molar-refractivity contribution in [2.75, 3.05) is 26.3 Å². The Hall–Kier alpha value is -3.65. The van der Waals surface area contributed by atoms with E-state index in [0.29, 0.717) is 44.0 Å². The number of hydrogen-bond acceptors (Lipinski definition) is 7. The smallest absolute Gasteiger partial charge is 0.349 e. The van der Waals surface area contributed by atoms with Gasteiger partial charge in [-0.15, -0.1) is 5.10 Å². The SMILES string of the molecule is CCOCCN1CCc2cc(Oc3c(Cl)cc(-n4nc(C#N)c(=O)[nH]c4=O)cc3Cl)ccc2C1=O. The van der Waals surface area contributed by atoms with Crippen LogP contribution in [0.25, 0.3) is 5.69 Å². The van der Waals surface area contributed by atoms with Crippen LogP contribution in [-0.4, -0.2) is 51.9 Å². The maximum atomic E-state index is 12.8. The van der Waals surface area contributed by atoms with Crippen molar-refractivity contribution in [2.24, 2.45) is 0 Å². The summed E-state index contributed by atoms with van der Waals surface area (Å²) in [4.78, 5) is 40.3. The van der Waals surface area contributed by atoms with Crippen molar-refractivity contribution in [3.63, 3.8) is 0 Å². The Morgan fingerprint density at radius 1 is 1.17 bits per heavy atom. The molecule has 1 amide bonds. The number of nitrogens with one attached hydrogen (secondary N) is 1. The summed E-state index contributed by atoms with van der Waals surface area (Å²) in [5, 5.41) is 12.9. The number of nitrogens with zero attached hydrogens (tertiary/aromatic N) is 4. The van der Waals surface area contributed by atoms with E-state index in [2.05, 4.69) is 5.10 Å². The molecule has 180 valence electrons. The number of aromatic amines is 1. The average Bonchev–Trinajstić information content (AvgIpc) is 2.83. The molecule has 12 heteroatoms. The molecular weight excluding hydrogens is 497 g/mol. The lowest BCUT2D eigenvalue weighted by Gasteiger charge is -2.28. The molecule has 0 saturated carbocycles. The number of nitriles is 1. The monoisotopic (exact) mass is 515 g/mol. The zero-order valence-electron chi connectivity index (χ0n) is 18.5. The van der Waals surface area contributed by atoms with E-state index < -0.39 is 16.9 Å². The summed E-state index contributed by atoms with van der Waals surface area (Å²) in [6.07, 6.45) is 0.660. The van der Waals surface area contributed by atoms with E-state index in [1.165, 1.54) is 12.1 Å². The Morgan fingerprint density at radius 2 is 1.91 bits per heavy atom. The summed E-state index contributed by atoms with van der Waals surface area (Å²) >= 11 is 12.8. The molecule has 0 radical (unpaired) electrons. The second-order valence-electron chi connectivity index (χ2n) is 7.53. The molecule has 0 bridgehead atoms. The van der Waals surface area contributed by atoms with E-state index in [9.17, 15) is 14.4 Å². The zero-order chi connectivity index (χ0) is 25.1. The normalized spacial score (nSPS) is 12.9.